The van der Waals surface area contributed by atoms with E-state index >= 15 is 0 Å². The third-order valence-corrected chi connectivity index (χ3v) is 5.31. The van der Waals surface area contributed by atoms with Crippen molar-refractivity contribution < 1.29 is 17.7 Å². The zero-order valence-electron chi connectivity index (χ0n) is 13.9. The van der Waals surface area contributed by atoms with Gasteiger partial charge in [-0.3, -0.25) is 0 Å². The van der Waals surface area contributed by atoms with Crippen molar-refractivity contribution in [1.82, 2.24) is 5.16 Å². The van der Waals surface area contributed by atoms with Gasteiger partial charge in [-0.25, -0.2) is 8.42 Å². The van der Waals surface area contributed by atoms with Gasteiger partial charge in [0.25, 0.3) is 0 Å². The van der Waals surface area contributed by atoms with Crippen molar-refractivity contribution >= 4 is 21.4 Å². The number of ether oxygens (including phenoxy) is 1. The minimum absolute atomic E-state index is 0.259. The van der Waals surface area contributed by atoms with Crippen LogP contribution in [0.15, 0.2) is 51.9 Å². The second kappa shape index (κ2) is 6.54. The van der Waals surface area contributed by atoms with Gasteiger partial charge in [-0.15, -0.1) is 0 Å². The molecule has 0 N–H and O–H groups in total. The van der Waals surface area contributed by atoms with Gasteiger partial charge in [0.05, 0.1) is 22.6 Å². The van der Waals surface area contributed by atoms with Crippen LogP contribution in [0.1, 0.15) is 5.76 Å². The van der Waals surface area contributed by atoms with Crippen molar-refractivity contribution in [3.63, 3.8) is 0 Å². The number of halogens is 1. The first kappa shape index (κ1) is 17.5. The second-order valence-electron chi connectivity index (χ2n) is 5.60. The van der Waals surface area contributed by atoms with Crippen molar-refractivity contribution in [2.24, 2.45) is 0 Å². The molecule has 3 rings (SSSR count). The summed E-state index contributed by atoms with van der Waals surface area (Å²) in [6.07, 6.45) is 1.18. The summed E-state index contributed by atoms with van der Waals surface area (Å²) in [4.78, 5) is 0.259. The summed E-state index contributed by atoms with van der Waals surface area (Å²) in [6.45, 7) is 1.80. The predicted molar refractivity (Wildman–Crippen MR) is 96.8 cm³/mol. The highest BCUT2D eigenvalue weighted by Gasteiger charge is 2.19. The Bertz CT molecular complexity index is 1020. The van der Waals surface area contributed by atoms with Crippen molar-refractivity contribution in [2.75, 3.05) is 13.4 Å². The minimum atomic E-state index is -3.25. The van der Waals surface area contributed by atoms with Gasteiger partial charge in [0, 0.05) is 11.8 Å². The van der Waals surface area contributed by atoms with Crippen LogP contribution in [0.5, 0.6) is 5.75 Å². The van der Waals surface area contributed by atoms with Crippen LogP contribution in [0.3, 0.4) is 0 Å². The molecule has 1 aromatic heterocycles. The Kier molecular flexibility index (Phi) is 4.58. The van der Waals surface area contributed by atoms with Gasteiger partial charge >= 0.3 is 0 Å². The van der Waals surface area contributed by atoms with Gasteiger partial charge < -0.3 is 9.26 Å². The molecule has 0 radical (unpaired) electrons. The molecular weight excluding hydrogens is 362 g/mol. The minimum Gasteiger partial charge on any atom is -0.497 e. The summed E-state index contributed by atoms with van der Waals surface area (Å²) in [6, 6.07) is 11.9. The van der Waals surface area contributed by atoms with E-state index in [1.807, 2.05) is 6.07 Å². The van der Waals surface area contributed by atoms with E-state index in [0.29, 0.717) is 27.8 Å². The van der Waals surface area contributed by atoms with Gasteiger partial charge in [-0.1, -0.05) is 28.9 Å². The zero-order chi connectivity index (χ0) is 18.2. The molecule has 25 heavy (non-hydrogen) atoms. The largest absolute Gasteiger partial charge is 0.497 e. The number of hydrogen-bond acceptors (Lipinski definition) is 5. The number of benzene rings is 2. The summed E-state index contributed by atoms with van der Waals surface area (Å²) in [5, 5.41) is 4.62. The maximum atomic E-state index is 11.6. The van der Waals surface area contributed by atoms with E-state index in [1.54, 1.807) is 50.4 Å². The monoisotopic (exact) mass is 377 g/mol. The predicted octanol–water partition coefficient (Wildman–Crippen LogP) is 4.38. The number of hydrogen-bond donors (Lipinski definition) is 0. The van der Waals surface area contributed by atoms with Crippen LogP contribution in [-0.2, 0) is 9.84 Å². The molecule has 0 fully saturated rings. The number of rotatable bonds is 4. The molecule has 0 saturated heterocycles. The van der Waals surface area contributed by atoms with Crippen molar-refractivity contribution in [2.45, 2.75) is 11.8 Å². The van der Waals surface area contributed by atoms with Crippen LogP contribution in [0.25, 0.3) is 22.4 Å². The molecule has 0 aliphatic heterocycles. The standard InChI is InChI=1S/C18H16ClNO4S/c1-11-17(12-4-7-14(8-5-12)25(3,21)22)18(20-24-11)15-9-6-13(23-2)10-16(15)19/h4-10H,1-3H3. The van der Waals surface area contributed by atoms with E-state index in [1.165, 1.54) is 6.26 Å². The highest BCUT2D eigenvalue weighted by atomic mass is 35.5. The number of sulfone groups is 1. The van der Waals surface area contributed by atoms with E-state index < -0.39 is 9.84 Å². The Morgan fingerprint density at radius 2 is 1.80 bits per heavy atom. The number of methoxy groups -OCH3 is 1. The smallest absolute Gasteiger partial charge is 0.175 e. The molecule has 130 valence electrons. The first-order valence-electron chi connectivity index (χ1n) is 7.42. The lowest BCUT2D eigenvalue weighted by Crippen LogP contribution is -1.96. The second-order valence-corrected chi connectivity index (χ2v) is 8.03. The SMILES string of the molecule is COc1ccc(-c2noc(C)c2-c2ccc(S(C)(=O)=O)cc2)c(Cl)c1. The van der Waals surface area contributed by atoms with Crippen LogP contribution in [-0.4, -0.2) is 26.9 Å². The van der Waals surface area contributed by atoms with E-state index in [0.717, 1.165) is 11.1 Å². The lowest BCUT2D eigenvalue weighted by atomic mass is 9.99. The Morgan fingerprint density at radius 1 is 1.12 bits per heavy atom. The van der Waals surface area contributed by atoms with E-state index in [4.69, 9.17) is 20.9 Å². The average Bonchev–Trinajstić information content (AvgIpc) is 2.95. The fourth-order valence-electron chi connectivity index (χ4n) is 2.58. The molecule has 0 bridgehead atoms. The molecule has 0 unspecified atom stereocenters. The molecule has 0 aliphatic rings. The van der Waals surface area contributed by atoms with Gasteiger partial charge in [0.15, 0.2) is 9.84 Å². The molecular formula is C18H16ClNO4S. The molecule has 0 spiro atoms. The molecule has 0 atom stereocenters. The van der Waals surface area contributed by atoms with Gasteiger partial charge in [-0.2, -0.15) is 0 Å². The Labute approximate surface area is 151 Å². The summed E-state index contributed by atoms with van der Waals surface area (Å²) < 4.78 is 33.8. The summed E-state index contributed by atoms with van der Waals surface area (Å²) >= 11 is 6.36. The lowest BCUT2D eigenvalue weighted by Gasteiger charge is -2.07. The van der Waals surface area contributed by atoms with Crippen molar-refractivity contribution in [3.05, 3.63) is 53.2 Å². The van der Waals surface area contributed by atoms with Crippen LogP contribution < -0.4 is 4.74 Å². The highest BCUT2D eigenvalue weighted by Crippen LogP contribution is 2.38. The summed E-state index contributed by atoms with van der Waals surface area (Å²) in [7, 11) is -1.68. The summed E-state index contributed by atoms with van der Waals surface area (Å²) in [5.41, 5.74) is 2.87. The van der Waals surface area contributed by atoms with E-state index in [-0.39, 0.29) is 4.90 Å². The molecule has 3 aromatic rings. The third-order valence-electron chi connectivity index (χ3n) is 3.87. The van der Waals surface area contributed by atoms with E-state index in [2.05, 4.69) is 5.16 Å². The fraction of sp³-hybridized carbons (Fsp3) is 0.167. The average molecular weight is 378 g/mol. The van der Waals surface area contributed by atoms with Gasteiger partial charge in [0.1, 0.15) is 17.2 Å². The molecule has 5 nitrogen and oxygen atoms in total. The third kappa shape index (κ3) is 3.41. The zero-order valence-corrected chi connectivity index (χ0v) is 15.5. The maximum Gasteiger partial charge on any atom is 0.175 e. The van der Waals surface area contributed by atoms with Gasteiger partial charge in [-0.05, 0) is 42.8 Å². The van der Waals surface area contributed by atoms with Gasteiger partial charge in [0.2, 0.25) is 0 Å². The molecule has 1 heterocycles. The summed E-state index contributed by atoms with van der Waals surface area (Å²) in [5.74, 6) is 1.27. The first-order chi connectivity index (χ1) is 11.8. The number of nitrogens with zero attached hydrogens (tertiary/aromatic N) is 1. The first-order valence-corrected chi connectivity index (χ1v) is 9.69. The number of aryl methyl sites for hydroxylation is 1. The topological polar surface area (TPSA) is 69.4 Å². The Morgan fingerprint density at radius 3 is 2.36 bits per heavy atom. The molecule has 7 heteroatoms. The lowest BCUT2D eigenvalue weighted by molar-refractivity contribution is 0.400. The molecule has 0 saturated carbocycles. The Hall–Kier alpha value is -2.31. The van der Waals surface area contributed by atoms with Crippen LogP contribution in [0.2, 0.25) is 5.02 Å². The highest BCUT2D eigenvalue weighted by molar-refractivity contribution is 7.90. The van der Waals surface area contributed by atoms with Crippen LogP contribution in [0.4, 0.5) is 0 Å². The van der Waals surface area contributed by atoms with Crippen LogP contribution in [0, 0.1) is 6.92 Å². The van der Waals surface area contributed by atoms with Crippen molar-refractivity contribution in [3.8, 4) is 28.1 Å². The maximum absolute atomic E-state index is 11.6. The van der Waals surface area contributed by atoms with Crippen LogP contribution >= 0.6 is 11.6 Å². The molecule has 0 amide bonds. The molecule has 0 aliphatic carbocycles. The fourth-order valence-corrected chi connectivity index (χ4v) is 3.47. The van der Waals surface area contributed by atoms with Crippen molar-refractivity contribution in [1.29, 1.82) is 0 Å². The normalized spacial score (nSPS) is 11.5. The quantitative estimate of drug-likeness (QED) is 0.674. The molecule has 2 aromatic carbocycles. The number of aromatic nitrogens is 1. The Balaban J connectivity index is 2.12. The van der Waals surface area contributed by atoms with E-state index in [9.17, 15) is 8.42 Å².